The summed E-state index contributed by atoms with van der Waals surface area (Å²) in [7, 11) is 1.65. The number of nitrogens with one attached hydrogen (secondary N) is 1. The summed E-state index contributed by atoms with van der Waals surface area (Å²) >= 11 is 12.0. The molecule has 1 atom stereocenters. The van der Waals surface area contributed by atoms with Gasteiger partial charge in [0.05, 0.1) is 23.2 Å². The van der Waals surface area contributed by atoms with Crippen molar-refractivity contribution in [3.05, 3.63) is 63.1 Å². The molecule has 3 nitrogen and oxygen atoms in total. The molecule has 0 amide bonds. The normalized spacial score (nSPS) is 12.2. The Kier molecular flexibility index (Phi) is 5.48. The predicted octanol–water partition coefficient (Wildman–Crippen LogP) is 4.06. The first-order valence-electron chi connectivity index (χ1n) is 6.59. The van der Waals surface area contributed by atoms with Gasteiger partial charge >= 0.3 is 0 Å². The van der Waals surface area contributed by atoms with Crippen molar-refractivity contribution in [1.29, 1.82) is 0 Å². The van der Waals surface area contributed by atoms with Gasteiger partial charge in [-0.15, -0.1) is 0 Å². The van der Waals surface area contributed by atoms with Crippen LogP contribution in [0.25, 0.3) is 0 Å². The van der Waals surface area contributed by atoms with Gasteiger partial charge in [-0.3, -0.25) is 11.3 Å². The van der Waals surface area contributed by atoms with Crippen molar-refractivity contribution in [3.8, 4) is 5.75 Å². The first-order chi connectivity index (χ1) is 10.0. The lowest BCUT2D eigenvalue weighted by atomic mass is 9.97. The minimum absolute atomic E-state index is 0.0721. The fraction of sp³-hybridized carbons (Fsp3) is 0.250. The summed E-state index contributed by atoms with van der Waals surface area (Å²) in [5.74, 6) is 6.54. The molecule has 0 saturated carbocycles. The van der Waals surface area contributed by atoms with Gasteiger partial charge in [-0.1, -0.05) is 47.0 Å². The summed E-state index contributed by atoms with van der Waals surface area (Å²) in [5.41, 5.74) is 6.07. The molecule has 0 fully saturated rings. The van der Waals surface area contributed by atoms with Gasteiger partial charge in [-0.2, -0.15) is 0 Å². The number of hydrogen-bond acceptors (Lipinski definition) is 3. The molecule has 0 radical (unpaired) electrons. The number of methoxy groups -OCH3 is 1. The van der Waals surface area contributed by atoms with Gasteiger partial charge in [0.15, 0.2) is 0 Å². The fourth-order valence-corrected chi connectivity index (χ4v) is 2.61. The third-order valence-corrected chi connectivity index (χ3v) is 4.12. The molecule has 112 valence electrons. The zero-order chi connectivity index (χ0) is 15.4. The van der Waals surface area contributed by atoms with E-state index in [2.05, 4.69) is 11.5 Å². The van der Waals surface area contributed by atoms with E-state index in [0.717, 1.165) is 22.4 Å². The summed E-state index contributed by atoms with van der Waals surface area (Å²) in [6, 6.07) is 11.6. The summed E-state index contributed by atoms with van der Waals surface area (Å²) in [5, 5.41) is 1.09. The molecule has 0 aliphatic heterocycles. The van der Waals surface area contributed by atoms with E-state index in [1.807, 2.05) is 31.2 Å². The quantitative estimate of drug-likeness (QED) is 0.644. The first kappa shape index (κ1) is 16.1. The van der Waals surface area contributed by atoms with E-state index >= 15 is 0 Å². The SMILES string of the molecule is COc1ccc(C)cc1C(Cc1ccc(Cl)c(Cl)c1)NN. The Labute approximate surface area is 135 Å². The van der Waals surface area contributed by atoms with Crippen molar-refractivity contribution < 1.29 is 4.74 Å². The number of halogens is 2. The number of nitrogens with two attached hydrogens (primary N) is 1. The molecule has 2 aromatic carbocycles. The number of hydrazine groups is 1. The Morgan fingerprint density at radius 2 is 1.90 bits per heavy atom. The number of benzene rings is 2. The van der Waals surface area contributed by atoms with Gasteiger partial charge < -0.3 is 4.74 Å². The van der Waals surface area contributed by atoms with E-state index in [9.17, 15) is 0 Å². The molecule has 0 aliphatic rings. The summed E-state index contributed by atoms with van der Waals surface area (Å²) < 4.78 is 5.42. The maximum absolute atomic E-state index is 6.06. The molecule has 2 rings (SSSR count). The average molecular weight is 325 g/mol. The van der Waals surface area contributed by atoms with E-state index < -0.39 is 0 Å². The van der Waals surface area contributed by atoms with Crippen LogP contribution in [0.15, 0.2) is 36.4 Å². The second-order valence-corrected chi connectivity index (χ2v) is 5.73. The lowest BCUT2D eigenvalue weighted by molar-refractivity contribution is 0.399. The van der Waals surface area contributed by atoms with Gasteiger partial charge in [-0.05, 0) is 37.1 Å². The molecule has 1 unspecified atom stereocenters. The van der Waals surface area contributed by atoms with E-state index in [0.29, 0.717) is 16.5 Å². The van der Waals surface area contributed by atoms with Crippen LogP contribution >= 0.6 is 23.2 Å². The van der Waals surface area contributed by atoms with Crippen molar-refractivity contribution >= 4 is 23.2 Å². The average Bonchev–Trinajstić information content (AvgIpc) is 2.48. The molecule has 5 heteroatoms. The van der Waals surface area contributed by atoms with Crippen LogP contribution in [0.1, 0.15) is 22.7 Å². The first-order valence-corrected chi connectivity index (χ1v) is 7.35. The molecular formula is C16H18Cl2N2O. The maximum Gasteiger partial charge on any atom is 0.123 e. The third kappa shape index (κ3) is 3.89. The van der Waals surface area contributed by atoms with Crippen LogP contribution in [0.5, 0.6) is 5.75 Å². The minimum Gasteiger partial charge on any atom is -0.496 e. The van der Waals surface area contributed by atoms with Gasteiger partial charge in [-0.25, -0.2) is 0 Å². The standard InChI is InChI=1S/C16H18Cl2N2O/c1-10-3-6-16(21-2)12(7-10)15(20-19)9-11-4-5-13(17)14(18)8-11/h3-8,15,20H,9,19H2,1-2H3. The van der Waals surface area contributed by atoms with Crippen LogP contribution in [0.3, 0.4) is 0 Å². The third-order valence-electron chi connectivity index (χ3n) is 3.39. The highest BCUT2D eigenvalue weighted by Gasteiger charge is 2.16. The van der Waals surface area contributed by atoms with Gasteiger partial charge in [0.2, 0.25) is 0 Å². The number of hydrogen-bond donors (Lipinski definition) is 2. The Balaban J connectivity index is 2.31. The van der Waals surface area contributed by atoms with Gasteiger partial charge in [0.25, 0.3) is 0 Å². The second kappa shape index (κ2) is 7.14. The van der Waals surface area contributed by atoms with E-state index in [4.69, 9.17) is 33.8 Å². The molecule has 0 aliphatic carbocycles. The van der Waals surface area contributed by atoms with Crippen LogP contribution < -0.4 is 16.0 Å². The summed E-state index contributed by atoms with van der Waals surface area (Å²) in [6.07, 6.45) is 0.688. The van der Waals surface area contributed by atoms with E-state index in [1.54, 1.807) is 13.2 Å². The molecule has 3 N–H and O–H groups in total. The topological polar surface area (TPSA) is 47.3 Å². The van der Waals surface area contributed by atoms with Crippen molar-refractivity contribution in [1.82, 2.24) is 5.43 Å². The largest absolute Gasteiger partial charge is 0.496 e. The Bertz CT molecular complexity index is 632. The molecule has 0 bridgehead atoms. The molecule has 0 spiro atoms. The van der Waals surface area contributed by atoms with Gasteiger partial charge in [0, 0.05) is 5.56 Å². The highest BCUT2D eigenvalue weighted by Crippen LogP contribution is 2.30. The van der Waals surface area contributed by atoms with E-state index in [-0.39, 0.29) is 6.04 Å². The second-order valence-electron chi connectivity index (χ2n) is 4.92. The van der Waals surface area contributed by atoms with Crippen molar-refractivity contribution in [3.63, 3.8) is 0 Å². The number of ether oxygens (including phenoxy) is 1. The maximum atomic E-state index is 6.06. The Morgan fingerprint density at radius 1 is 1.14 bits per heavy atom. The number of rotatable bonds is 5. The molecule has 0 saturated heterocycles. The van der Waals surface area contributed by atoms with Crippen molar-refractivity contribution in [2.24, 2.45) is 5.84 Å². The van der Waals surface area contributed by atoms with Crippen LogP contribution in [-0.4, -0.2) is 7.11 Å². The van der Waals surface area contributed by atoms with Gasteiger partial charge in [0.1, 0.15) is 5.75 Å². The Morgan fingerprint density at radius 3 is 2.52 bits per heavy atom. The molecule has 0 aromatic heterocycles. The lowest BCUT2D eigenvalue weighted by Gasteiger charge is -2.20. The van der Waals surface area contributed by atoms with Crippen molar-refractivity contribution in [2.45, 2.75) is 19.4 Å². The number of aryl methyl sites for hydroxylation is 1. The zero-order valence-corrected chi connectivity index (χ0v) is 13.5. The van der Waals surface area contributed by atoms with Crippen LogP contribution in [0.4, 0.5) is 0 Å². The Hall–Kier alpha value is -1.26. The van der Waals surface area contributed by atoms with Crippen LogP contribution in [0, 0.1) is 6.92 Å². The summed E-state index contributed by atoms with van der Waals surface area (Å²) in [6.45, 7) is 2.04. The van der Waals surface area contributed by atoms with E-state index in [1.165, 1.54) is 0 Å². The summed E-state index contributed by atoms with van der Waals surface area (Å²) in [4.78, 5) is 0. The lowest BCUT2D eigenvalue weighted by Crippen LogP contribution is -2.30. The van der Waals surface area contributed by atoms with Crippen LogP contribution in [0.2, 0.25) is 10.0 Å². The minimum atomic E-state index is -0.0721. The fourth-order valence-electron chi connectivity index (χ4n) is 2.29. The van der Waals surface area contributed by atoms with Crippen LogP contribution in [-0.2, 0) is 6.42 Å². The molecule has 0 heterocycles. The zero-order valence-electron chi connectivity index (χ0n) is 12.0. The predicted molar refractivity (Wildman–Crippen MR) is 88.0 cm³/mol. The smallest absolute Gasteiger partial charge is 0.123 e. The monoisotopic (exact) mass is 324 g/mol. The van der Waals surface area contributed by atoms with Crippen molar-refractivity contribution in [2.75, 3.05) is 7.11 Å². The highest BCUT2D eigenvalue weighted by molar-refractivity contribution is 6.42. The molecule has 21 heavy (non-hydrogen) atoms. The highest BCUT2D eigenvalue weighted by atomic mass is 35.5. The molecular weight excluding hydrogens is 307 g/mol. The molecule has 2 aromatic rings.